The molecule has 1 N–H and O–H groups in total. The molecule has 0 spiro atoms. The van der Waals surface area contributed by atoms with E-state index in [4.69, 9.17) is 4.74 Å². The quantitative estimate of drug-likeness (QED) is 0.542. The van der Waals surface area contributed by atoms with Gasteiger partial charge in [0.15, 0.2) is 0 Å². The average Bonchev–Trinajstić information content (AvgIpc) is 3.73. The van der Waals surface area contributed by atoms with Gasteiger partial charge in [0, 0.05) is 50.2 Å². The van der Waals surface area contributed by atoms with Crippen LogP contribution in [0.4, 0.5) is 10.1 Å². The minimum Gasteiger partial charge on any atom is -0.497 e. The summed E-state index contributed by atoms with van der Waals surface area (Å²) >= 11 is 0. The fraction of sp³-hybridized carbons (Fsp3) is 0.370. The lowest BCUT2D eigenvalue weighted by atomic mass is 10.1. The van der Waals surface area contributed by atoms with Crippen LogP contribution < -0.4 is 15.1 Å². The molecule has 1 aromatic heterocycles. The van der Waals surface area contributed by atoms with E-state index in [1.165, 1.54) is 6.20 Å². The molecular weight excluding hydrogens is 465 g/mol. The van der Waals surface area contributed by atoms with Crippen molar-refractivity contribution in [3.8, 4) is 5.75 Å². The molecule has 2 aliphatic rings. The molecule has 5 rings (SSSR count). The zero-order valence-corrected chi connectivity index (χ0v) is 20.1. The molecule has 0 atom stereocenters. The molecule has 0 bridgehead atoms. The maximum absolute atomic E-state index is 15.2. The van der Waals surface area contributed by atoms with Crippen LogP contribution in [0.3, 0.4) is 0 Å². The fourth-order valence-corrected chi connectivity index (χ4v) is 4.81. The van der Waals surface area contributed by atoms with E-state index in [2.05, 4.69) is 0 Å². The van der Waals surface area contributed by atoms with E-state index in [1.807, 2.05) is 29.2 Å². The molecule has 3 aromatic rings. The van der Waals surface area contributed by atoms with E-state index in [-0.39, 0.29) is 22.9 Å². The molecule has 9 heteroatoms. The Kier molecular flexibility index (Phi) is 6.38. The molecule has 8 nitrogen and oxygen atoms in total. The number of amides is 1. The summed E-state index contributed by atoms with van der Waals surface area (Å²) in [5.74, 6) is -1.04. The van der Waals surface area contributed by atoms with Gasteiger partial charge in [-0.05, 0) is 49.1 Å². The van der Waals surface area contributed by atoms with Crippen molar-refractivity contribution in [2.24, 2.45) is 0 Å². The van der Waals surface area contributed by atoms with Crippen molar-refractivity contribution in [1.82, 2.24) is 9.47 Å². The number of carbonyl (C=O) groups is 2. The number of halogens is 1. The van der Waals surface area contributed by atoms with Gasteiger partial charge in [0.25, 0.3) is 0 Å². The fourth-order valence-electron chi connectivity index (χ4n) is 4.81. The second-order valence-electron chi connectivity index (χ2n) is 9.35. The van der Waals surface area contributed by atoms with E-state index >= 15 is 4.39 Å². The predicted octanol–water partition coefficient (Wildman–Crippen LogP) is 3.46. The number of anilines is 1. The van der Waals surface area contributed by atoms with E-state index in [1.54, 1.807) is 22.6 Å². The van der Waals surface area contributed by atoms with Gasteiger partial charge in [-0.3, -0.25) is 9.59 Å². The van der Waals surface area contributed by atoms with Crippen molar-refractivity contribution < 1.29 is 23.8 Å². The van der Waals surface area contributed by atoms with Gasteiger partial charge in [0.1, 0.15) is 17.1 Å². The van der Waals surface area contributed by atoms with Crippen LogP contribution in [0.15, 0.2) is 47.4 Å². The number of hydrogen-bond acceptors (Lipinski definition) is 5. The molecule has 0 radical (unpaired) electrons. The minimum atomic E-state index is -1.31. The largest absolute Gasteiger partial charge is 0.497 e. The number of hydrogen-bond donors (Lipinski definition) is 1. The molecule has 188 valence electrons. The van der Waals surface area contributed by atoms with Crippen molar-refractivity contribution in [3.05, 3.63) is 69.8 Å². The second kappa shape index (κ2) is 9.64. The van der Waals surface area contributed by atoms with Crippen LogP contribution in [0, 0.1) is 5.82 Å². The van der Waals surface area contributed by atoms with E-state index in [0.717, 1.165) is 30.2 Å². The number of carbonyl (C=O) groups excluding carboxylic acids is 1. The van der Waals surface area contributed by atoms with Crippen LogP contribution in [-0.2, 0) is 11.2 Å². The number of carboxylic acid groups (broad SMARTS) is 1. The number of aromatic nitrogens is 1. The first-order chi connectivity index (χ1) is 17.4. The number of fused-ring (bicyclic) bond motifs is 1. The third kappa shape index (κ3) is 4.65. The van der Waals surface area contributed by atoms with Gasteiger partial charge in [0.2, 0.25) is 11.3 Å². The van der Waals surface area contributed by atoms with Crippen LogP contribution >= 0.6 is 0 Å². The summed E-state index contributed by atoms with van der Waals surface area (Å²) in [5, 5.41) is 9.50. The maximum Gasteiger partial charge on any atom is 0.341 e. The van der Waals surface area contributed by atoms with Gasteiger partial charge in [0.05, 0.1) is 18.3 Å². The number of aromatic carboxylic acids is 1. The first-order valence-electron chi connectivity index (χ1n) is 12.1. The monoisotopic (exact) mass is 493 g/mol. The van der Waals surface area contributed by atoms with Gasteiger partial charge in [-0.15, -0.1) is 0 Å². The number of aryl methyl sites for hydroxylation is 1. The Balaban J connectivity index is 1.29. The highest BCUT2D eigenvalue weighted by Crippen LogP contribution is 2.38. The van der Waals surface area contributed by atoms with Crippen molar-refractivity contribution in [2.75, 3.05) is 38.2 Å². The van der Waals surface area contributed by atoms with Crippen LogP contribution in [0.2, 0.25) is 0 Å². The SMILES string of the molecule is COc1ccc(CCC(=O)N2CCN(c3cc4c(cc3F)c(=O)c(C(=O)O)cn4C3CC3)CC2)cc1. The number of rotatable bonds is 7. The summed E-state index contributed by atoms with van der Waals surface area (Å²) in [7, 11) is 1.61. The number of methoxy groups -OCH3 is 1. The predicted molar refractivity (Wildman–Crippen MR) is 134 cm³/mol. The summed E-state index contributed by atoms with van der Waals surface area (Å²) in [6, 6.07) is 10.6. The van der Waals surface area contributed by atoms with Gasteiger partial charge >= 0.3 is 5.97 Å². The van der Waals surface area contributed by atoms with Crippen LogP contribution in [-0.4, -0.2) is 59.7 Å². The molecule has 1 aliphatic heterocycles. The summed E-state index contributed by atoms with van der Waals surface area (Å²) in [6.07, 6.45) is 4.20. The van der Waals surface area contributed by atoms with Crippen molar-refractivity contribution in [2.45, 2.75) is 31.7 Å². The van der Waals surface area contributed by atoms with Crippen molar-refractivity contribution in [1.29, 1.82) is 0 Å². The molecule has 0 unspecified atom stereocenters. The zero-order valence-electron chi connectivity index (χ0n) is 20.1. The third-order valence-electron chi connectivity index (χ3n) is 7.03. The smallest absolute Gasteiger partial charge is 0.341 e. The third-order valence-corrected chi connectivity index (χ3v) is 7.03. The molecule has 2 fully saturated rings. The Morgan fingerprint density at radius 3 is 2.39 bits per heavy atom. The Morgan fingerprint density at radius 1 is 1.08 bits per heavy atom. The summed E-state index contributed by atoms with van der Waals surface area (Å²) in [4.78, 5) is 40.7. The highest BCUT2D eigenvalue weighted by molar-refractivity contribution is 5.93. The van der Waals surface area contributed by atoms with E-state index in [9.17, 15) is 19.5 Å². The highest BCUT2D eigenvalue weighted by atomic mass is 19.1. The lowest BCUT2D eigenvalue weighted by Gasteiger charge is -2.36. The Bertz CT molecular complexity index is 1370. The van der Waals surface area contributed by atoms with Crippen molar-refractivity contribution in [3.63, 3.8) is 0 Å². The first kappa shape index (κ1) is 23.8. The average molecular weight is 494 g/mol. The Morgan fingerprint density at radius 2 is 1.78 bits per heavy atom. The molecule has 1 aliphatic carbocycles. The minimum absolute atomic E-state index is 0.0632. The topological polar surface area (TPSA) is 92.1 Å². The summed E-state index contributed by atoms with van der Waals surface area (Å²) in [5.41, 5.74) is 0.954. The summed E-state index contributed by atoms with van der Waals surface area (Å²) in [6.45, 7) is 1.90. The lowest BCUT2D eigenvalue weighted by Crippen LogP contribution is -2.49. The standard InChI is InChI=1S/C27H28FN3O5/c1-36-19-7-2-17(3-8-19)4-9-25(32)30-12-10-29(11-13-30)24-15-23-20(14-22(24)28)26(33)21(27(34)35)16-31(23)18-5-6-18/h2-3,7-8,14-16,18H,4-6,9-13H2,1H3,(H,34,35). The van der Waals surface area contributed by atoms with Crippen LogP contribution in [0.25, 0.3) is 10.9 Å². The maximum atomic E-state index is 15.2. The molecule has 1 saturated heterocycles. The molecule has 36 heavy (non-hydrogen) atoms. The lowest BCUT2D eigenvalue weighted by molar-refractivity contribution is -0.131. The number of piperazine rings is 1. The van der Waals surface area contributed by atoms with Crippen LogP contribution in [0.1, 0.15) is 41.2 Å². The zero-order chi connectivity index (χ0) is 25.4. The van der Waals surface area contributed by atoms with E-state index < -0.39 is 17.2 Å². The normalized spacial score (nSPS) is 15.8. The van der Waals surface area contributed by atoms with Gasteiger partial charge < -0.3 is 24.2 Å². The van der Waals surface area contributed by atoms with Gasteiger partial charge in [-0.2, -0.15) is 0 Å². The highest BCUT2D eigenvalue weighted by Gasteiger charge is 2.29. The Hall–Kier alpha value is -3.88. The van der Waals surface area contributed by atoms with E-state index in [0.29, 0.717) is 50.2 Å². The molecular formula is C27H28FN3O5. The number of ether oxygens (including phenoxy) is 1. The molecule has 1 saturated carbocycles. The molecule has 1 amide bonds. The Labute approximate surface area is 207 Å². The number of benzene rings is 2. The molecule has 2 heterocycles. The van der Waals surface area contributed by atoms with Crippen LogP contribution in [0.5, 0.6) is 5.75 Å². The molecule has 2 aromatic carbocycles. The van der Waals surface area contributed by atoms with Gasteiger partial charge in [-0.25, -0.2) is 9.18 Å². The summed E-state index contributed by atoms with van der Waals surface area (Å²) < 4.78 is 22.1. The first-order valence-corrected chi connectivity index (χ1v) is 12.1. The second-order valence-corrected chi connectivity index (χ2v) is 9.35. The van der Waals surface area contributed by atoms with Gasteiger partial charge in [-0.1, -0.05) is 12.1 Å². The number of nitrogens with zero attached hydrogens (tertiary/aromatic N) is 3. The number of pyridine rings is 1. The number of carboxylic acids is 1. The van der Waals surface area contributed by atoms with Crippen molar-refractivity contribution >= 4 is 28.5 Å².